The molecule has 2 N–H and O–H groups in total. The fourth-order valence-corrected chi connectivity index (χ4v) is 2.85. The molecule has 0 aliphatic carbocycles. The summed E-state index contributed by atoms with van der Waals surface area (Å²) in [6.07, 6.45) is 0.740. The summed E-state index contributed by atoms with van der Waals surface area (Å²) in [5.74, 6) is -1.50. The fraction of sp³-hybridized carbons (Fsp3) is 0.467. The van der Waals surface area contributed by atoms with Gasteiger partial charge in [0, 0.05) is 5.54 Å². The van der Waals surface area contributed by atoms with E-state index in [2.05, 4.69) is 5.32 Å². The highest BCUT2D eigenvalue weighted by Crippen LogP contribution is 2.18. The molecule has 0 fully saturated rings. The molecule has 1 aromatic carbocycles. The van der Waals surface area contributed by atoms with E-state index in [1.807, 2.05) is 20.8 Å². The summed E-state index contributed by atoms with van der Waals surface area (Å²) in [4.78, 5) is 23.5. The van der Waals surface area contributed by atoms with Crippen LogP contribution in [0.25, 0.3) is 0 Å². The molecule has 116 valence electrons. The summed E-state index contributed by atoms with van der Waals surface area (Å²) < 4.78 is 12.5. The van der Waals surface area contributed by atoms with Crippen LogP contribution in [0.4, 0.5) is 0 Å². The van der Waals surface area contributed by atoms with Crippen LogP contribution in [0.15, 0.2) is 29.2 Å². The SMILES string of the molecule is CCC(C)(C)NC(=O)C(C)S(=O)c1ccccc1C(=O)O. The number of carbonyl (C=O) groups is 2. The average Bonchev–Trinajstić information content (AvgIpc) is 2.45. The van der Waals surface area contributed by atoms with Crippen molar-refractivity contribution < 1.29 is 18.9 Å². The Morgan fingerprint density at radius 1 is 1.33 bits per heavy atom. The van der Waals surface area contributed by atoms with Crippen molar-refractivity contribution in [1.29, 1.82) is 0 Å². The molecule has 0 aliphatic rings. The van der Waals surface area contributed by atoms with Crippen LogP contribution in [0.1, 0.15) is 44.5 Å². The maximum absolute atomic E-state index is 12.5. The van der Waals surface area contributed by atoms with Gasteiger partial charge in [-0.3, -0.25) is 9.00 Å². The quantitative estimate of drug-likeness (QED) is 0.843. The molecule has 0 radical (unpaired) electrons. The number of aromatic carboxylic acids is 1. The van der Waals surface area contributed by atoms with Crippen LogP contribution in [0.5, 0.6) is 0 Å². The number of nitrogens with one attached hydrogen (secondary N) is 1. The molecular formula is C15H21NO4S. The Kier molecular flexibility index (Phi) is 5.66. The molecule has 0 spiro atoms. The van der Waals surface area contributed by atoms with E-state index in [-0.39, 0.29) is 21.9 Å². The number of carboxylic acid groups (broad SMARTS) is 1. The molecule has 1 rings (SSSR count). The highest BCUT2D eigenvalue weighted by atomic mass is 32.2. The van der Waals surface area contributed by atoms with Crippen molar-refractivity contribution in [1.82, 2.24) is 5.32 Å². The molecule has 0 aliphatic heterocycles. The lowest BCUT2D eigenvalue weighted by Crippen LogP contribution is -2.47. The van der Waals surface area contributed by atoms with Crippen LogP contribution >= 0.6 is 0 Å². The highest BCUT2D eigenvalue weighted by Gasteiger charge is 2.28. The van der Waals surface area contributed by atoms with Gasteiger partial charge in [0.15, 0.2) is 0 Å². The maximum Gasteiger partial charge on any atom is 0.336 e. The molecule has 0 bridgehead atoms. The largest absolute Gasteiger partial charge is 0.478 e. The Labute approximate surface area is 127 Å². The van der Waals surface area contributed by atoms with E-state index in [1.54, 1.807) is 12.1 Å². The van der Waals surface area contributed by atoms with Crippen molar-refractivity contribution >= 4 is 22.7 Å². The number of hydrogen-bond acceptors (Lipinski definition) is 3. The van der Waals surface area contributed by atoms with Gasteiger partial charge in [0.2, 0.25) is 5.91 Å². The zero-order valence-electron chi connectivity index (χ0n) is 12.7. The lowest BCUT2D eigenvalue weighted by Gasteiger charge is -2.26. The Bertz CT molecular complexity index is 569. The van der Waals surface area contributed by atoms with Gasteiger partial charge in [0.25, 0.3) is 0 Å². The van der Waals surface area contributed by atoms with Crippen molar-refractivity contribution in [3.05, 3.63) is 29.8 Å². The first-order valence-electron chi connectivity index (χ1n) is 6.74. The van der Waals surface area contributed by atoms with Crippen LogP contribution in [-0.4, -0.2) is 32.0 Å². The molecule has 21 heavy (non-hydrogen) atoms. The first-order chi connectivity index (χ1) is 9.69. The van der Waals surface area contributed by atoms with Crippen molar-refractivity contribution in [3.8, 4) is 0 Å². The number of carboxylic acids is 1. The summed E-state index contributed by atoms with van der Waals surface area (Å²) >= 11 is 0. The van der Waals surface area contributed by atoms with E-state index >= 15 is 0 Å². The molecule has 0 aromatic heterocycles. The van der Waals surface area contributed by atoms with E-state index in [0.717, 1.165) is 6.42 Å². The molecule has 2 atom stereocenters. The molecular weight excluding hydrogens is 290 g/mol. The Balaban J connectivity index is 2.99. The van der Waals surface area contributed by atoms with Gasteiger partial charge in [-0.1, -0.05) is 19.1 Å². The van der Waals surface area contributed by atoms with Gasteiger partial charge >= 0.3 is 5.97 Å². The van der Waals surface area contributed by atoms with E-state index in [4.69, 9.17) is 5.11 Å². The number of carbonyl (C=O) groups excluding carboxylic acids is 1. The predicted molar refractivity (Wildman–Crippen MR) is 81.8 cm³/mol. The van der Waals surface area contributed by atoms with Crippen molar-refractivity contribution in [2.75, 3.05) is 0 Å². The topological polar surface area (TPSA) is 83.5 Å². The van der Waals surface area contributed by atoms with Crippen molar-refractivity contribution in [3.63, 3.8) is 0 Å². The van der Waals surface area contributed by atoms with Crippen LogP contribution < -0.4 is 5.32 Å². The van der Waals surface area contributed by atoms with Gasteiger partial charge < -0.3 is 10.4 Å². The number of benzene rings is 1. The highest BCUT2D eigenvalue weighted by molar-refractivity contribution is 7.86. The second-order valence-electron chi connectivity index (χ2n) is 5.47. The summed E-state index contributed by atoms with van der Waals surface area (Å²) in [7, 11) is -1.72. The number of amides is 1. The van der Waals surface area contributed by atoms with E-state index in [1.165, 1.54) is 19.1 Å². The number of rotatable bonds is 6. The summed E-state index contributed by atoms with van der Waals surface area (Å²) in [6, 6.07) is 6.04. The maximum atomic E-state index is 12.5. The van der Waals surface area contributed by atoms with Gasteiger partial charge in [0.05, 0.1) is 21.3 Å². The first-order valence-corrected chi connectivity index (χ1v) is 7.96. The molecule has 5 nitrogen and oxygen atoms in total. The molecule has 0 heterocycles. The minimum atomic E-state index is -1.72. The Morgan fingerprint density at radius 3 is 2.43 bits per heavy atom. The van der Waals surface area contributed by atoms with Crippen LogP contribution in [0.3, 0.4) is 0 Å². The van der Waals surface area contributed by atoms with E-state index < -0.39 is 22.0 Å². The Morgan fingerprint density at radius 2 is 1.90 bits per heavy atom. The van der Waals surface area contributed by atoms with Gasteiger partial charge in [-0.2, -0.15) is 0 Å². The third-order valence-corrected chi connectivity index (χ3v) is 5.02. The standard InChI is InChI=1S/C15H21NO4S/c1-5-15(3,4)16-13(17)10(2)21(20)12-9-7-6-8-11(12)14(18)19/h6-10H,5H2,1-4H3,(H,16,17)(H,18,19). The molecule has 0 saturated heterocycles. The van der Waals surface area contributed by atoms with Crippen molar-refractivity contribution in [2.24, 2.45) is 0 Å². The lowest BCUT2D eigenvalue weighted by molar-refractivity contribution is -0.122. The fourth-order valence-electron chi connectivity index (χ4n) is 1.63. The third-order valence-electron chi connectivity index (χ3n) is 3.37. The molecule has 1 amide bonds. The minimum absolute atomic E-state index is 0.0368. The normalized spacial score (nSPS) is 14.3. The van der Waals surface area contributed by atoms with Crippen LogP contribution in [-0.2, 0) is 15.6 Å². The third kappa shape index (κ3) is 4.39. The summed E-state index contributed by atoms with van der Waals surface area (Å²) in [5.41, 5.74) is -0.424. The first kappa shape index (κ1) is 17.4. The molecule has 6 heteroatoms. The minimum Gasteiger partial charge on any atom is -0.478 e. The number of hydrogen-bond donors (Lipinski definition) is 2. The van der Waals surface area contributed by atoms with Gasteiger partial charge in [-0.15, -0.1) is 0 Å². The van der Waals surface area contributed by atoms with Gasteiger partial charge in [-0.05, 0) is 39.3 Å². The Hall–Kier alpha value is -1.69. The summed E-state index contributed by atoms with van der Waals surface area (Å²) in [6.45, 7) is 7.24. The zero-order valence-corrected chi connectivity index (χ0v) is 13.5. The van der Waals surface area contributed by atoms with Crippen LogP contribution in [0.2, 0.25) is 0 Å². The average molecular weight is 311 g/mol. The zero-order chi connectivity index (χ0) is 16.2. The monoisotopic (exact) mass is 311 g/mol. The second-order valence-corrected chi connectivity index (χ2v) is 7.21. The lowest BCUT2D eigenvalue weighted by atomic mass is 10.0. The molecule has 0 saturated carbocycles. The predicted octanol–water partition coefficient (Wildman–Crippen LogP) is 2.19. The van der Waals surface area contributed by atoms with E-state index in [9.17, 15) is 13.8 Å². The summed E-state index contributed by atoms with van der Waals surface area (Å²) in [5, 5.41) is 11.1. The van der Waals surface area contributed by atoms with Crippen LogP contribution in [0, 0.1) is 0 Å². The van der Waals surface area contributed by atoms with Gasteiger partial charge in [-0.25, -0.2) is 4.79 Å². The van der Waals surface area contributed by atoms with Crippen molar-refractivity contribution in [2.45, 2.75) is 49.8 Å². The molecule has 2 unspecified atom stereocenters. The smallest absolute Gasteiger partial charge is 0.336 e. The van der Waals surface area contributed by atoms with Gasteiger partial charge in [0.1, 0.15) is 5.25 Å². The second kappa shape index (κ2) is 6.85. The van der Waals surface area contributed by atoms with E-state index in [0.29, 0.717) is 0 Å². The molecule has 1 aromatic rings.